The smallest absolute Gasteiger partial charge is 0.279 e. The van der Waals surface area contributed by atoms with Gasteiger partial charge in [-0.2, -0.15) is 0 Å². The van der Waals surface area contributed by atoms with Crippen LogP contribution in [0.25, 0.3) is 0 Å². The molecule has 0 bridgehead atoms. The lowest BCUT2D eigenvalue weighted by atomic mass is 10.2. The van der Waals surface area contributed by atoms with E-state index >= 15 is 0 Å². The first-order valence-electron chi connectivity index (χ1n) is 8.18. The Labute approximate surface area is 152 Å². The van der Waals surface area contributed by atoms with Gasteiger partial charge in [0.1, 0.15) is 11.6 Å². The van der Waals surface area contributed by atoms with Crippen LogP contribution in [0.3, 0.4) is 0 Å². The van der Waals surface area contributed by atoms with Crippen LogP contribution in [0, 0.1) is 12.7 Å². The molecule has 2 amide bonds. The van der Waals surface area contributed by atoms with Crippen molar-refractivity contribution in [1.29, 1.82) is 0 Å². The lowest BCUT2D eigenvalue weighted by Crippen LogP contribution is -3.11. The maximum atomic E-state index is 13.8. The molecule has 26 heavy (non-hydrogen) atoms. The third-order valence-corrected chi connectivity index (χ3v) is 3.68. The molecule has 0 saturated heterocycles. The summed E-state index contributed by atoms with van der Waals surface area (Å²) in [6, 6.07) is 11.6. The van der Waals surface area contributed by atoms with Gasteiger partial charge in [0.2, 0.25) is 0 Å². The molecule has 138 valence electrons. The zero-order chi connectivity index (χ0) is 19.1. The molecule has 0 spiro atoms. The summed E-state index contributed by atoms with van der Waals surface area (Å²) >= 11 is 0. The van der Waals surface area contributed by atoms with Crippen LogP contribution in [0.2, 0.25) is 0 Å². The second-order valence-corrected chi connectivity index (χ2v) is 6.12. The van der Waals surface area contributed by atoms with E-state index in [9.17, 15) is 14.0 Å². The summed E-state index contributed by atoms with van der Waals surface area (Å²) in [6.07, 6.45) is 0. The lowest BCUT2D eigenvalue weighted by Gasteiger charge is -2.14. The van der Waals surface area contributed by atoms with Gasteiger partial charge in [-0.3, -0.25) is 9.59 Å². The number of amides is 2. The molecule has 3 N–H and O–H groups in total. The molecule has 0 radical (unpaired) electrons. The number of nitrogens with one attached hydrogen (secondary N) is 3. The highest BCUT2D eigenvalue weighted by Crippen LogP contribution is 2.16. The molecule has 2 aromatic carbocycles. The number of aryl methyl sites for hydroxylation is 1. The van der Waals surface area contributed by atoms with E-state index in [1.165, 1.54) is 12.1 Å². The summed E-state index contributed by atoms with van der Waals surface area (Å²) in [5.74, 6) is -0.431. The van der Waals surface area contributed by atoms with E-state index in [-0.39, 0.29) is 30.6 Å². The highest BCUT2D eigenvalue weighted by atomic mass is 19.1. The molecule has 2 rings (SSSR count). The van der Waals surface area contributed by atoms with E-state index in [2.05, 4.69) is 10.6 Å². The van der Waals surface area contributed by atoms with E-state index in [1.54, 1.807) is 51.4 Å². The molecule has 6 nitrogen and oxygen atoms in total. The van der Waals surface area contributed by atoms with Crippen molar-refractivity contribution in [2.24, 2.45) is 0 Å². The van der Waals surface area contributed by atoms with E-state index in [0.29, 0.717) is 16.3 Å². The minimum atomic E-state index is -0.480. The standard InChI is InChI=1S/C19H22FN3O3/c1-13-7-8-17(16(20)9-13)22-19(25)12-23(2)11-18(24)21-14-5-4-6-15(10-14)26-3/h4-10H,11-12H2,1-3H3,(H,21,24)(H,22,25)/p+1. The van der Waals surface area contributed by atoms with Crippen LogP contribution in [0.5, 0.6) is 5.75 Å². The topological polar surface area (TPSA) is 71.9 Å². The number of quaternary nitrogens is 1. The van der Waals surface area contributed by atoms with Crippen LogP contribution >= 0.6 is 0 Å². The van der Waals surface area contributed by atoms with Crippen LogP contribution in [0.4, 0.5) is 15.8 Å². The predicted octanol–water partition coefficient (Wildman–Crippen LogP) is 1.23. The van der Waals surface area contributed by atoms with Gasteiger partial charge >= 0.3 is 0 Å². The van der Waals surface area contributed by atoms with E-state index in [4.69, 9.17) is 4.74 Å². The van der Waals surface area contributed by atoms with E-state index < -0.39 is 5.82 Å². The maximum absolute atomic E-state index is 13.8. The van der Waals surface area contributed by atoms with Gasteiger partial charge in [-0.25, -0.2) is 4.39 Å². The summed E-state index contributed by atoms with van der Waals surface area (Å²) < 4.78 is 18.9. The van der Waals surface area contributed by atoms with Gasteiger partial charge in [0.15, 0.2) is 13.1 Å². The number of ether oxygens (including phenoxy) is 1. The number of anilines is 2. The molecule has 0 fully saturated rings. The fraction of sp³-hybridized carbons (Fsp3) is 0.263. The molecule has 0 aliphatic rings. The first-order valence-corrected chi connectivity index (χ1v) is 8.18. The molecule has 1 unspecified atom stereocenters. The normalized spacial score (nSPS) is 11.5. The molecule has 0 aromatic heterocycles. The van der Waals surface area contributed by atoms with Crippen LogP contribution < -0.4 is 20.3 Å². The van der Waals surface area contributed by atoms with Crippen molar-refractivity contribution < 1.29 is 23.6 Å². The molecule has 0 saturated carbocycles. The van der Waals surface area contributed by atoms with Gasteiger partial charge in [-0.05, 0) is 36.8 Å². The van der Waals surface area contributed by atoms with Crippen LogP contribution in [-0.2, 0) is 9.59 Å². The summed E-state index contributed by atoms with van der Waals surface area (Å²) in [5.41, 5.74) is 1.53. The molecular weight excluding hydrogens is 337 g/mol. The number of likely N-dealkylation sites (N-methyl/N-ethyl adjacent to an activating group) is 1. The van der Waals surface area contributed by atoms with Crippen LogP contribution in [0.1, 0.15) is 5.56 Å². The molecule has 7 heteroatoms. The number of rotatable bonds is 7. The minimum absolute atomic E-state index is 0.0405. The van der Waals surface area contributed by atoms with Crippen molar-refractivity contribution in [2.45, 2.75) is 6.92 Å². The van der Waals surface area contributed by atoms with Gasteiger partial charge < -0.3 is 20.3 Å². The number of methoxy groups -OCH3 is 1. The van der Waals surface area contributed by atoms with Crippen molar-refractivity contribution in [3.05, 3.63) is 53.8 Å². The number of halogens is 1. The summed E-state index contributed by atoms with van der Waals surface area (Å²) in [6.45, 7) is 1.91. The first-order chi connectivity index (χ1) is 12.4. The van der Waals surface area contributed by atoms with Crippen molar-refractivity contribution in [1.82, 2.24) is 0 Å². The van der Waals surface area contributed by atoms with Crippen molar-refractivity contribution in [2.75, 3.05) is 37.9 Å². The third-order valence-electron chi connectivity index (χ3n) is 3.68. The first kappa shape index (κ1) is 19.4. The Balaban J connectivity index is 1.84. The summed E-state index contributed by atoms with van der Waals surface area (Å²) in [5, 5.41) is 5.28. The zero-order valence-electron chi connectivity index (χ0n) is 15.1. The molecule has 2 aromatic rings. The summed E-state index contributed by atoms with van der Waals surface area (Å²) in [4.78, 5) is 24.8. The fourth-order valence-electron chi connectivity index (χ4n) is 2.43. The van der Waals surface area contributed by atoms with Crippen molar-refractivity contribution in [3.63, 3.8) is 0 Å². The van der Waals surface area contributed by atoms with E-state index in [0.717, 1.165) is 5.56 Å². The number of carbonyl (C=O) groups excluding carboxylic acids is 2. The van der Waals surface area contributed by atoms with Gasteiger partial charge in [0.05, 0.1) is 19.8 Å². The quantitative estimate of drug-likeness (QED) is 0.696. The van der Waals surface area contributed by atoms with Crippen LogP contribution in [0.15, 0.2) is 42.5 Å². The predicted molar refractivity (Wildman–Crippen MR) is 98.0 cm³/mol. The lowest BCUT2D eigenvalue weighted by molar-refractivity contribution is -0.862. The Hall–Kier alpha value is -2.93. The minimum Gasteiger partial charge on any atom is -0.497 e. The third kappa shape index (κ3) is 5.86. The highest BCUT2D eigenvalue weighted by Gasteiger charge is 2.16. The Morgan fingerprint density at radius 2 is 1.77 bits per heavy atom. The van der Waals surface area contributed by atoms with Crippen molar-refractivity contribution >= 4 is 23.2 Å². The number of carbonyl (C=O) groups is 2. The number of hydrogen-bond acceptors (Lipinski definition) is 3. The Morgan fingerprint density at radius 1 is 1.08 bits per heavy atom. The van der Waals surface area contributed by atoms with Gasteiger partial charge in [-0.1, -0.05) is 12.1 Å². The van der Waals surface area contributed by atoms with Gasteiger partial charge in [0.25, 0.3) is 11.8 Å². The average molecular weight is 360 g/mol. The molecule has 0 aliphatic heterocycles. The monoisotopic (exact) mass is 360 g/mol. The number of hydrogen-bond donors (Lipinski definition) is 3. The van der Waals surface area contributed by atoms with Gasteiger partial charge in [-0.15, -0.1) is 0 Å². The second kappa shape index (κ2) is 8.96. The van der Waals surface area contributed by atoms with Crippen LogP contribution in [-0.4, -0.2) is 39.1 Å². The molecule has 0 heterocycles. The Morgan fingerprint density at radius 3 is 2.42 bits per heavy atom. The van der Waals surface area contributed by atoms with Gasteiger partial charge in [0, 0.05) is 11.8 Å². The number of benzene rings is 2. The molecular formula is C19H23FN3O3+. The van der Waals surface area contributed by atoms with E-state index in [1.807, 2.05) is 0 Å². The zero-order valence-corrected chi connectivity index (χ0v) is 15.1. The molecule has 0 aliphatic carbocycles. The second-order valence-electron chi connectivity index (χ2n) is 6.12. The average Bonchev–Trinajstić information content (AvgIpc) is 2.57. The maximum Gasteiger partial charge on any atom is 0.279 e. The largest absolute Gasteiger partial charge is 0.497 e. The SMILES string of the molecule is COc1cccc(NC(=O)C[NH+](C)CC(=O)Nc2ccc(C)cc2F)c1. The van der Waals surface area contributed by atoms with Crippen molar-refractivity contribution in [3.8, 4) is 5.75 Å². The fourth-order valence-corrected chi connectivity index (χ4v) is 2.43. The Kier molecular flexibility index (Phi) is 6.68. The summed E-state index contributed by atoms with van der Waals surface area (Å²) in [7, 11) is 3.27. The molecule has 1 atom stereocenters. The Bertz CT molecular complexity index is 795. The highest BCUT2D eigenvalue weighted by molar-refractivity contribution is 5.93.